The van der Waals surface area contributed by atoms with E-state index in [9.17, 15) is 17.6 Å². The molecule has 1 N–H and O–H groups in total. The number of sulfone groups is 1. The van der Waals surface area contributed by atoms with E-state index in [-0.39, 0.29) is 16.9 Å². The van der Waals surface area contributed by atoms with Crippen molar-refractivity contribution in [3.63, 3.8) is 0 Å². The van der Waals surface area contributed by atoms with Gasteiger partial charge in [-0.25, -0.2) is 12.8 Å². The molecule has 0 amide bonds. The van der Waals surface area contributed by atoms with Crippen molar-refractivity contribution in [3.8, 4) is 0 Å². The van der Waals surface area contributed by atoms with Gasteiger partial charge in [-0.2, -0.15) is 0 Å². The molecule has 1 heterocycles. The van der Waals surface area contributed by atoms with Crippen LogP contribution < -0.4 is 0 Å². The van der Waals surface area contributed by atoms with E-state index in [0.29, 0.717) is 5.57 Å². The van der Waals surface area contributed by atoms with Crippen molar-refractivity contribution in [2.24, 2.45) is 5.92 Å². The topological polar surface area (TPSA) is 71.4 Å². The number of allylic oxidation sites excluding steroid dienone is 1. The van der Waals surface area contributed by atoms with Crippen molar-refractivity contribution < 1.29 is 22.7 Å². The lowest BCUT2D eigenvalue weighted by molar-refractivity contribution is -0.137. The third-order valence-corrected chi connectivity index (χ3v) is 4.39. The fourth-order valence-electron chi connectivity index (χ4n) is 2.02. The zero-order chi connectivity index (χ0) is 13.5. The Balaban J connectivity index is 2.53. The molecular formula is C12H11FO4S. The van der Waals surface area contributed by atoms with Crippen LogP contribution in [0.5, 0.6) is 0 Å². The molecule has 0 fully saturated rings. The molecule has 0 radical (unpaired) electrons. The van der Waals surface area contributed by atoms with Gasteiger partial charge in [-0.3, -0.25) is 4.79 Å². The molecule has 2 rings (SSSR count). The minimum absolute atomic E-state index is 0.0381. The number of carbonyl (C=O) groups is 1. The summed E-state index contributed by atoms with van der Waals surface area (Å²) >= 11 is 0. The van der Waals surface area contributed by atoms with Gasteiger partial charge in [0.25, 0.3) is 0 Å². The van der Waals surface area contributed by atoms with E-state index in [1.54, 1.807) is 6.92 Å². The predicted octanol–water partition coefficient (Wildman–Crippen LogP) is 2.06. The molecule has 18 heavy (non-hydrogen) atoms. The fraction of sp³-hybridized carbons (Fsp3) is 0.250. The Morgan fingerprint density at radius 3 is 2.72 bits per heavy atom. The summed E-state index contributed by atoms with van der Waals surface area (Å²) in [6, 6.07) is 3.41. The van der Waals surface area contributed by atoms with Gasteiger partial charge in [0.1, 0.15) is 5.82 Å². The highest BCUT2D eigenvalue weighted by Gasteiger charge is 2.30. The number of rotatable bonds is 3. The van der Waals surface area contributed by atoms with Crippen LogP contribution in [0.1, 0.15) is 18.9 Å². The Kier molecular flexibility index (Phi) is 2.98. The highest BCUT2D eigenvalue weighted by molar-refractivity contribution is 7.95. The summed E-state index contributed by atoms with van der Waals surface area (Å²) in [5, 5.41) is 9.76. The van der Waals surface area contributed by atoms with Crippen LogP contribution >= 0.6 is 0 Å². The number of halogens is 1. The molecule has 6 heteroatoms. The smallest absolute Gasteiger partial charge is 0.303 e. The minimum Gasteiger partial charge on any atom is -0.481 e. The number of carboxylic acid groups (broad SMARTS) is 1. The monoisotopic (exact) mass is 270 g/mol. The van der Waals surface area contributed by atoms with Gasteiger partial charge < -0.3 is 5.11 Å². The predicted molar refractivity (Wildman–Crippen MR) is 63.0 cm³/mol. The van der Waals surface area contributed by atoms with Gasteiger partial charge in [-0.15, -0.1) is 0 Å². The quantitative estimate of drug-likeness (QED) is 0.853. The van der Waals surface area contributed by atoms with Gasteiger partial charge in [0, 0.05) is 11.0 Å². The molecule has 0 aromatic heterocycles. The number of fused-ring (bicyclic) bond motifs is 1. The van der Waals surface area contributed by atoms with E-state index >= 15 is 0 Å². The first-order chi connectivity index (χ1) is 8.31. The zero-order valence-corrected chi connectivity index (χ0v) is 10.4. The van der Waals surface area contributed by atoms with Crippen molar-refractivity contribution in [1.82, 2.24) is 0 Å². The third kappa shape index (κ3) is 2.15. The van der Waals surface area contributed by atoms with Crippen LogP contribution in [0, 0.1) is 11.7 Å². The summed E-state index contributed by atoms with van der Waals surface area (Å²) in [7, 11) is -3.57. The second-order valence-electron chi connectivity index (χ2n) is 4.26. The molecule has 1 aromatic carbocycles. The molecule has 0 saturated heterocycles. The highest BCUT2D eigenvalue weighted by Crippen LogP contribution is 2.38. The van der Waals surface area contributed by atoms with E-state index in [1.165, 1.54) is 6.07 Å². The van der Waals surface area contributed by atoms with E-state index < -0.39 is 27.5 Å². The first-order valence-corrected chi connectivity index (χ1v) is 6.84. The Labute approximate surface area is 104 Å². The van der Waals surface area contributed by atoms with Crippen LogP contribution in [0.4, 0.5) is 4.39 Å². The largest absolute Gasteiger partial charge is 0.481 e. The number of aliphatic carboxylic acids is 1. The average Bonchev–Trinajstić information content (AvgIpc) is 2.49. The van der Waals surface area contributed by atoms with Gasteiger partial charge in [-0.1, -0.05) is 6.92 Å². The second kappa shape index (κ2) is 4.20. The summed E-state index contributed by atoms with van der Waals surface area (Å²) in [5.74, 6) is -2.05. The molecule has 1 atom stereocenters. The van der Waals surface area contributed by atoms with Gasteiger partial charge >= 0.3 is 5.97 Å². The van der Waals surface area contributed by atoms with Gasteiger partial charge in [0.15, 0.2) is 0 Å². The van der Waals surface area contributed by atoms with Crippen molar-refractivity contribution >= 4 is 21.4 Å². The number of hydrogen-bond acceptors (Lipinski definition) is 3. The standard InChI is InChI=1S/C12H11FO4S/c1-7(4-12(14)15)10-6-18(16,17)11-3-2-8(13)5-9(10)11/h2-3,5-7H,4H2,1H3,(H,14,15). The maximum atomic E-state index is 13.2. The zero-order valence-electron chi connectivity index (χ0n) is 9.55. The molecule has 0 bridgehead atoms. The molecule has 1 aliphatic rings. The molecule has 1 unspecified atom stereocenters. The summed E-state index contributed by atoms with van der Waals surface area (Å²) in [5.41, 5.74) is 0.621. The van der Waals surface area contributed by atoms with Crippen molar-refractivity contribution in [2.45, 2.75) is 18.2 Å². The Morgan fingerprint density at radius 2 is 2.11 bits per heavy atom. The fourth-order valence-corrected chi connectivity index (χ4v) is 3.59. The van der Waals surface area contributed by atoms with Gasteiger partial charge in [-0.05, 0) is 29.7 Å². The number of benzene rings is 1. The van der Waals surface area contributed by atoms with Crippen molar-refractivity contribution in [3.05, 3.63) is 35.0 Å². The van der Waals surface area contributed by atoms with Crippen molar-refractivity contribution in [2.75, 3.05) is 0 Å². The first kappa shape index (κ1) is 12.8. The lowest BCUT2D eigenvalue weighted by Gasteiger charge is -2.11. The van der Waals surface area contributed by atoms with Gasteiger partial charge in [0.2, 0.25) is 9.84 Å². The SMILES string of the molecule is CC(CC(=O)O)C1=CS(=O)(=O)c2ccc(F)cc21. The second-order valence-corrected chi connectivity index (χ2v) is 6.02. The normalized spacial score (nSPS) is 18.0. The molecule has 1 aromatic rings. The van der Waals surface area contributed by atoms with Gasteiger partial charge in [0.05, 0.1) is 11.3 Å². The van der Waals surface area contributed by atoms with Crippen LogP contribution in [0.3, 0.4) is 0 Å². The van der Waals surface area contributed by atoms with Crippen molar-refractivity contribution in [1.29, 1.82) is 0 Å². The summed E-state index contributed by atoms with van der Waals surface area (Å²) in [6.45, 7) is 1.61. The maximum Gasteiger partial charge on any atom is 0.303 e. The minimum atomic E-state index is -3.57. The lowest BCUT2D eigenvalue weighted by Crippen LogP contribution is -2.05. The highest BCUT2D eigenvalue weighted by atomic mass is 32.2. The number of carboxylic acids is 1. The van der Waals surface area contributed by atoms with E-state index in [1.807, 2.05) is 0 Å². The Hall–Kier alpha value is -1.69. The Bertz CT molecular complexity index is 646. The summed E-state index contributed by atoms with van der Waals surface area (Å²) in [4.78, 5) is 10.7. The van der Waals surface area contributed by atoms with E-state index in [2.05, 4.69) is 0 Å². The third-order valence-electron chi connectivity index (χ3n) is 2.85. The molecular weight excluding hydrogens is 259 g/mol. The van der Waals surface area contributed by atoms with E-state index in [0.717, 1.165) is 17.5 Å². The molecule has 0 spiro atoms. The summed E-state index contributed by atoms with van der Waals surface area (Å²) in [6.07, 6.45) is -0.197. The van der Waals surface area contributed by atoms with Crippen LogP contribution in [0.25, 0.3) is 5.57 Å². The molecule has 0 aliphatic carbocycles. The molecule has 1 aliphatic heterocycles. The molecule has 96 valence electrons. The van der Waals surface area contributed by atoms with Crippen LogP contribution in [0.15, 0.2) is 28.5 Å². The maximum absolute atomic E-state index is 13.2. The van der Waals surface area contributed by atoms with E-state index in [4.69, 9.17) is 5.11 Å². The summed E-state index contributed by atoms with van der Waals surface area (Å²) < 4.78 is 36.8. The molecule has 0 saturated carbocycles. The Morgan fingerprint density at radius 1 is 1.44 bits per heavy atom. The van der Waals surface area contributed by atoms with Crippen LogP contribution in [-0.4, -0.2) is 19.5 Å². The first-order valence-electron chi connectivity index (χ1n) is 5.29. The van der Waals surface area contributed by atoms with Crippen LogP contribution in [0.2, 0.25) is 0 Å². The number of hydrogen-bond donors (Lipinski definition) is 1. The van der Waals surface area contributed by atoms with Crippen LogP contribution in [-0.2, 0) is 14.6 Å². The average molecular weight is 270 g/mol. The molecule has 4 nitrogen and oxygen atoms in total. The lowest BCUT2D eigenvalue weighted by atomic mass is 9.93.